The van der Waals surface area contributed by atoms with Crippen LogP contribution < -0.4 is 0 Å². The van der Waals surface area contributed by atoms with Crippen molar-refractivity contribution in [3.63, 3.8) is 0 Å². The monoisotopic (exact) mass is 375 g/mol. The normalized spacial score (nSPS) is 20.8. The van der Waals surface area contributed by atoms with E-state index in [1.807, 2.05) is 13.8 Å². The summed E-state index contributed by atoms with van der Waals surface area (Å²) in [6.07, 6.45) is -4.46. The SMILES string of the molecule is CCOC(=O)C1CSC(C(C)C)N1C(=O)c1ccc(C(F)(F)F)cc1. The molecule has 0 radical (unpaired) electrons. The van der Waals surface area contributed by atoms with E-state index >= 15 is 0 Å². The summed E-state index contributed by atoms with van der Waals surface area (Å²) < 4.78 is 43.1. The van der Waals surface area contributed by atoms with Crippen LogP contribution in [0.5, 0.6) is 0 Å². The number of esters is 1. The predicted molar refractivity (Wildman–Crippen MR) is 89.1 cm³/mol. The van der Waals surface area contributed by atoms with Crippen molar-refractivity contribution in [3.8, 4) is 0 Å². The summed E-state index contributed by atoms with van der Waals surface area (Å²) in [5.74, 6) is -0.453. The summed E-state index contributed by atoms with van der Waals surface area (Å²) in [6.45, 7) is 5.74. The summed E-state index contributed by atoms with van der Waals surface area (Å²) in [5.41, 5.74) is -0.697. The average molecular weight is 375 g/mol. The average Bonchev–Trinajstić information content (AvgIpc) is 2.99. The molecule has 4 nitrogen and oxygen atoms in total. The zero-order chi connectivity index (χ0) is 18.8. The van der Waals surface area contributed by atoms with Crippen LogP contribution in [0.1, 0.15) is 36.7 Å². The highest BCUT2D eigenvalue weighted by atomic mass is 32.2. The topological polar surface area (TPSA) is 46.6 Å². The molecule has 2 unspecified atom stereocenters. The molecule has 138 valence electrons. The lowest BCUT2D eigenvalue weighted by molar-refractivity contribution is -0.147. The fourth-order valence-corrected chi connectivity index (χ4v) is 4.13. The lowest BCUT2D eigenvalue weighted by atomic mass is 10.1. The van der Waals surface area contributed by atoms with Gasteiger partial charge in [0.05, 0.1) is 17.5 Å². The molecule has 1 heterocycles. The number of amides is 1. The third-order valence-electron chi connectivity index (χ3n) is 3.86. The van der Waals surface area contributed by atoms with E-state index in [0.717, 1.165) is 24.3 Å². The minimum Gasteiger partial charge on any atom is -0.464 e. The second kappa shape index (κ2) is 7.68. The molecular formula is C17H20F3NO3S. The minimum atomic E-state index is -4.46. The second-order valence-corrected chi connectivity index (χ2v) is 7.17. The Labute approximate surface area is 148 Å². The smallest absolute Gasteiger partial charge is 0.416 e. The fourth-order valence-electron chi connectivity index (χ4n) is 2.67. The summed E-state index contributed by atoms with van der Waals surface area (Å²) in [4.78, 5) is 26.5. The number of benzene rings is 1. The highest BCUT2D eigenvalue weighted by molar-refractivity contribution is 8.00. The molecular weight excluding hydrogens is 355 g/mol. The van der Waals surface area contributed by atoms with Gasteiger partial charge in [-0.15, -0.1) is 11.8 Å². The molecule has 0 bridgehead atoms. The van der Waals surface area contributed by atoms with E-state index in [9.17, 15) is 22.8 Å². The van der Waals surface area contributed by atoms with Crippen molar-refractivity contribution in [2.45, 2.75) is 38.4 Å². The second-order valence-electron chi connectivity index (χ2n) is 6.02. The van der Waals surface area contributed by atoms with Crippen molar-refractivity contribution in [2.24, 2.45) is 5.92 Å². The Bertz CT molecular complexity index is 631. The third kappa shape index (κ3) is 4.29. The first-order valence-electron chi connectivity index (χ1n) is 7.95. The van der Waals surface area contributed by atoms with Crippen molar-refractivity contribution >= 4 is 23.6 Å². The minimum absolute atomic E-state index is 0.0859. The van der Waals surface area contributed by atoms with Crippen LogP contribution >= 0.6 is 11.8 Å². The summed E-state index contributed by atoms with van der Waals surface area (Å²) >= 11 is 1.48. The Morgan fingerprint density at radius 2 is 1.88 bits per heavy atom. The first-order chi connectivity index (χ1) is 11.7. The predicted octanol–water partition coefficient (Wildman–Crippen LogP) is 3.81. The van der Waals surface area contributed by atoms with Gasteiger partial charge in [0.2, 0.25) is 0 Å². The first-order valence-corrected chi connectivity index (χ1v) is 8.99. The zero-order valence-corrected chi connectivity index (χ0v) is 15.0. The van der Waals surface area contributed by atoms with Gasteiger partial charge < -0.3 is 9.64 Å². The van der Waals surface area contributed by atoms with Gasteiger partial charge in [-0.2, -0.15) is 13.2 Å². The van der Waals surface area contributed by atoms with Crippen LogP contribution in [0.25, 0.3) is 0 Å². The Balaban J connectivity index is 2.30. The van der Waals surface area contributed by atoms with Crippen molar-refractivity contribution in [2.75, 3.05) is 12.4 Å². The van der Waals surface area contributed by atoms with Crippen LogP contribution in [0.2, 0.25) is 0 Å². The zero-order valence-electron chi connectivity index (χ0n) is 14.2. The van der Waals surface area contributed by atoms with Crippen LogP contribution in [-0.2, 0) is 15.7 Å². The number of nitrogens with zero attached hydrogens (tertiary/aromatic N) is 1. The lowest BCUT2D eigenvalue weighted by Crippen LogP contribution is -2.47. The molecule has 0 aromatic heterocycles. The van der Waals surface area contributed by atoms with Crippen LogP contribution in [0.3, 0.4) is 0 Å². The molecule has 1 aliphatic heterocycles. The van der Waals surface area contributed by atoms with E-state index in [2.05, 4.69) is 0 Å². The van der Waals surface area contributed by atoms with E-state index < -0.39 is 29.7 Å². The van der Waals surface area contributed by atoms with Crippen LogP contribution in [0, 0.1) is 5.92 Å². The Morgan fingerprint density at radius 3 is 2.36 bits per heavy atom. The highest BCUT2D eigenvalue weighted by Gasteiger charge is 2.44. The van der Waals surface area contributed by atoms with Gasteiger partial charge in [-0.3, -0.25) is 4.79 Å². The Kier molecular flexibility index (Phi) is 6.03. The molecule has 1 aliphatic rings. The van der Waals surface area contributed by atoms with Gasteiger partial charge in [-0.25, -0.2) is 4.79 Å². The van der Waals surface area contributed by atoms with Gasteiger partial charge in [0, 0.05) is 11.3 Å². The van der Waals surface area contributed by atoms with Crippen molar-refractivity contribution in [3.05, 3.63) is 35.4 Å². The maximum absolute atomic E-state index is 12.9. The van der Waals surface area contributed by atoms with Gasteiger partial charge in [0.25, 0.3) is 5.91 Å². The molecule has 2 atom stereocenters. The molecule has 25 heavy (non-hydrogen) atoms. The fraction of sp³-hybridized carbons (Fsp3) is 0.529. The summed E-state index contributed by atoms with van der Waals surface area (Å²) in [5, 5.41) is -0.232. The summed E-state index contributed by atoms with van der Waals surface area (Å²) in [6, 6.07) is 3.31. The van der Waals surface area contributed by atoms with E-state index in [-0.39, 0.29) is 23.5 Å². The van der Waals surface area contributed by atoms with Crippen molar-refractivity contribution in [1.82, 2.24) is 4.90 Å². The number of hydrogen-bond acceptors (Lipinski definition) is 4. The number of ether oxygens (including phenoxy) is 1. The highest BCUT2D eigenvalue weighted by Crippen LogP contribution is 2.36. The number of halogens is 3. The number of carbonyl (C=O) groups is 2. The molecule has 1 fully saturated rings. The number of rotatable bonds is 4. The quantitative estimate of drug-likeness (QED) is 0.751. The molecule has 2 rings (SSSR count). The molecule has 1 aromatic rings. The van der Waals surface area contributed by atoms with Gasteiger partial charge in [0.15, 0.2) is 0 Å². The molecule has 0 saturated carbocycles. The van der Waals surface area contributed by atoms with E-state index in [1.54, 1.807) is 6.92 Å². The molecule has 1 amide bonds. The maximum atomic E-state index is 12.9. The number of carbonyl (C=O) groups excluding carboxylic acids is 2. The molecule has 0 aliphatic carbocycles. The van der Waals surface area contributed by atoms with Crippen LogP contribution in [0.15, 0.2) is 24.3 Å². The number of thioether (sulfide) groups is 1. The van der Waals surface area contributed by atoms with Crippen LogP contribution in [-0.4, -0.2) is 40.6 Å². The lowest BCUT2D eigenvalue weighted by Gasteiger charge is -2.30. The first kappa shape index (κ1) is 19.6. The number of hydrogen-bond donors (Lipinski definition) is 0. The molecule has 0 spiro atoms. The molecule has 8 heteroatoms. The Morgan fingerprint density at radius 1 is 1.28 bits per heavy atom. The van der Waals surface area contributed by atoms with E-state index in [4.69, 9.17) is 4.74 Å². The van der Waals surface area contributed by atoms with Gasteiger partial charge in [0.1, 0.15) is 6.04 Å². The third-order valence-corrected chi connectivity index (χ3v) is 5.48. The standard InChI is InChI=1S/C17H20F3NO3S/c1-4-24-16(23)13-9-25-15(10(2)3)21(13)14(22)11-5-7-12(8-6-11)17(18,19)20/h5-8,10,13,15H,4,9H2,1-3H3. The molecule has 1 saturated heterocycles. The number of alkyl halides is 3. The van der Waals surface area contributed by atoms with Gasteiger partial charge in [-0.05, 0) is 37.1 Å². The molecule has 0 N–H and O–H groups in total. The van der Waals surface area contributed by atoms with Gasteiger partial charge >= 0.3 is 12.1 Å². The van der Waals surface area contributed by atoms with Crippen molar-refractivity contribution in [1.29, 1.82) is 0 Å². The van der Waals surface area contributed by atoms with Crippen molar-refractivity contribution < 1.29 is 27.5 Å². The van der Waals surface area contributed by atoms with Gasteiger partial charge in [-0.1, -0.05) is 13.8 Å². The van der Waals surface area contributed by atoms with E-state index in [1.165, 1.54) is 16.7 Å². The molecule has 1 aromatic carbocycles. The van der Waals surface area contributed by atoms with E-state index in [0.29, 0.717) is 5.75 Å². The summed E-state index contributed by atoms with van der Waals surface area (Å²) in [7, 11) is 0. The largest absolute Gasteiger partial charge is 0.464 e. The van der Waals surface area contributed by atoms with Crippen LogP contribution in [0.4, 0.5) is 13.2 Å². The Hall–Kier alpha value is -1.70. The maximum Gasteiger partial charge on any atom is 0.416 e.